The number of hydrogen-bond donors (Lipinski definition) is 0. The van der Waals surface area contributed by atoms with Gasteiger partial charge in [0.1, 0.15) is 12.4 Å². The highest BCUT2D eigenvalue weighted by molar-refractivity contribution is 5.55. The van der Waals surface area contributed by atoms with Gasteiger partial charge >= 0.3 is 11.4 Å². The molecule has 0 bridgehead atoms. The number of nitro groups is 2. The third kappa shape index (κ3) is 3.34. The summed E-state index contributed by atoms with van der Waals surface area (Å²) in [6, 6.07) is 12.0. The summed E-state index contributed by atoms with van der Waals surface area (Å²) in [6.07, 6.45) is 0. The fraction of sp³-hybridized carbons (Fsp3) is 0.0714. The van der Waals surface area contributed by atoms with Gasteiger partial charge in [-0.25, -0.2) is 0 Å². The largest absolute Gasteiger partial charge is 0.489 e. The van der Waals surface area contributed by atoms with E-state index >= 15 is 0 Å². The predicted octanol–water partition coefficient (Wildman–Crippen LogP) is 2.95. The van der Waals surface area contributed by atoms with Gasteiger partial charge in [-0.2, -0.15) is 5.26 Å². The molecule has 0 radical (unpaired) electrons. The summed E-state index contributed by atoms with van der Waals surface area (Å²) in [5.74, 6) is 0.154. The number of ether oxygens (including phenoxy) is 1. The minimum absolute atomic E-state index is 0.126. The van der Waals surface area contributed by atoms with Gasteiger partial charge in [-0.05, 0) is 23.8 Å². The summed E-state index contributed by atoms with van der Waals surface area (Å²) in [5, 5.41) is 30.2. The van der Waals surface area contributed by atoms with Crippen molar-refractivity contribution in [2.45, 2.75) is 6.61 Å². The summed E-state index contributed by atoms with van der Waals surface area (Å²) in [5.41, 5.74) is 0.0628. The maximum Gasteiger partial charge on any atom is 0.349 e. The quantitative estimate of drug-likeness (QED) is 0.618. The normalized spacial score (nSPS) is 9.77. The van der Waals surface area contributed by atoms with Crippen LogP contribution >= 0.6 is 0 Å². The van der Waals surface area contributed by atoms with Gasteiger partial charge in [0.15, 0.2) is 0 Å². The van der Waals surface area contributed by atoms with Crippen LogP contribution in [0.3, 0.4) is 0 Å². The molecule has 0 saturated carbocycles. The predicted molar refractivity (Wildman–Crippen MR) is 75.2 cm³/mol. The standard InChI is InChI=1S/C14H9N3O5/c15-8-10-1-3-11(4-2-10)9-22-12-5-6-13(16(18)19)14(7-12)17(20)21/h1-7H,9H2. The molecular formula is C14H9N3O5. The number of nitro benzene ring substituents is 2. The highest BCUT2D eigenvalue weighted by Gasteiger charge is 2.24. The smallest absolute Gasteiger partial charge is 0.349 e. The molecular weight excluding hydrogens is 290 g/mol. The average molecular weight is 299 g/mol. The zero-order chi connectivity index (χ0) is 16.1. The van der Waals surface area contributed by atoms with Crippen molar-refractivity contribution < 1.29 is 14.6 Å². The van der Waals surface area contributed by atoms with Gasteiger partial charge in [0.05, 0.1) is 27.5 Å². The first-order valence-corrected chi connectivity index (χ1v) is 6.06. The van der Waals surface area contributed by atoms with Crippen molar-refractivity contribution >= 4 is 11.4 Å². The van der Waals surface area contributed by atoms with Gasteiger partial charge in [-0.15, -0.1) is 0 Å². The lowest BCUT2D eigenvalue weighted by molar-refractivity contribution is -0.422. The molecule has 0 aliphatic carbocycles. The van der Waals surface area contributed by atoms with Crippen LogP contribution in [0.5, 0.6) is 5.75 Å². The second-order valence-corrected chi connectivity index (χ2v) is 4.26. The van der Waals surface area contributed by atoms with E-state index in [0.717, 1.165) is 17.7 Å². The molecule has 0 heterocycles. The molecule has 0 amide bonds. The molecule has 8 nitrogen and oxygen atoms in total. The Labute approximate surface area is 124 Å². The monoisotopic (exact) mass is 299 g/mol. The molecule has 8 heteroatoms. The number of nitriles is 1. The first-order valence-electron chi connectivity index (χ1n) is 6.06. The fourth-order valence-corrected chi connectivity index (χ4v) is 1.74. The molecule has 2 aromatic rings. The van der Waals surface area contributed by atoms with Crippen molar-refractivity contribution in [3.8, 4) is 11.8 Å². The van der Waals surface area contributed by atoms with Crippen LogP contribution in [0.25, 0.3) is 0 Å². The minimum Gasteiger partial charge on any atom is -0.489 e. The molecule has 2 aromatic carbocycles. The molecule has 0 saturated heterocycles. The summed E-state index contributed by atoms with van der Waals surface area (Å²) in [4.78, 5) is 19.9. The minimum atomic E-state index is -0.827. The molecule has 0 fully saturated rings. The van der Waals surface area contributed by atoms with E-state index in [1.54, 1.807) is 24.3 Å². The lowest BCUT2D eigenvalue weighted by Gasteiger charge is -2.06. The zero-order valence-corrected chi connectivity index (χ0v) is 11.1. The first kappa shape index (κ1) is 14.9. The van der Waals surface area contributed by atoms with Gasteiger partial charge in [-0.3, -0.25) is 20.2 Å². The lowest BCUT2D eigenvalue weighted by Crippen LogP contribution is -1.99. The van der Waals surface area contributed by atoms with Crippen LogP contribution < -0.4 is 4.74 Å². The second-order valence-electron chi connectivity index (χ2n) is 4.26. The van der Waals surface area contributed by atoms with Crippen molar-refractivity contribution in [2.24, 2.45) is 0 Å². The molecule has 0 atom stereocenters. The van der Waals surface area contributed by atoms with E-state index in [9.17, 15) is 20.2 Å². The molecule has 0 aromatic heterocycles. The average Bonchev–Trinajstić information content (AvgIpc) is 2.53. The van der Waals surface area contributed by atoms with Gasteiger partial charge in [0.25, 0.3) is 0 Å². The van der Waals surface area contributed by atoms with E-state index < -0.39 is 21.2 Å². The molecule has 0 aliphatic rings. The Morgan fingerprint density at radius 3 is 2.18 bits per heavy atom. The van der Waals surface area contributed by atoms with E-state index in [1.807, 2.05) is 6.07 Å². The Morgan fingerprint density at radius 2 is 1.64 bits per heavy atom. The maximum absolute atomic E-state index is 10.8. The highest BCUT2D eigenvalue weighted by Crippen LogP contribution is 2.30. The van der Waals surface area contributed by atoms with Crippen molar-refractivity contribution in [1.29, 1.82) is 5.26 Å². The molecule has 22 heavy (non-hydrogen) atoms. The molecule has 0 spiro atoms. The Morgan fingerprint density at radius 1 is 1.00 bits per heavy atom. The van der Waals surface area contributed by atoms with Crippen molar-refractivity contribution in [2.75, 3.05) is 0 Å². The van der Waals surface area contributed by atoms with Crippen molar-refractivity contribution in [3.05, 3.63) is 73.8 Å². The van der Waals surface area contributed by atoms with Crippen LogP contribution in [-0.2, 0) is 6.61 Å². The van der Waals surface area contributed by atoms with E-state index in [-0.39, 0.29) is 12.4 Å². The number of benzene rings is 2. The summed E-state index contributed by atoms with van der Waals surface area (Å²) < 4.78 is 5.38. The maximum atomic E-state index is 10.8. The third-order valence-electron chi connectivity index (χ3n) is 2.83. The van der Waals surface area contributed by atoms with Crippen molar-refractivity contribution in [1.82, 2.24) is 0 Å². The number of hydrogen-bond acceptors (Lipinski definition) is 6. The van der Waals surface area contributed by atoms with Crippen LogP contribution in [0.4, 0.5) is 11.4 Å². The van der Waals surface area contributed by atoms with Gasteiger partial charge in [-0.1, -0.05) is 12.1 Å². The molecule has 2 rings (SSSR count). The number of nitrogens with zero attached hydrogens (tertiary/aromatic N) is 3. The Kier molecular flexibility index (Phi) is 4.29. The van der Waals surface area contributed by atoms with Gasteiger partial charge in [0, 0.05) is 6.07 Å². The van der Waals surface area contributed by atoms with Gasteiger partial charge < -0.3 is 4.74 Å². The zero-order valence-electron chi connectivity index (χ0n) is 11.1. The fourth-order valence-electron chi connectivity index (χ4n) is 1.74. The first-order chi connectivity index (χ1) is 10.5. The molecule has 110 valence electrons. The van der Waals surface area contributed by atoms with E-state index in [1.165, 1.54) is 6.07 Å². The Balaban J connectivity index is 2.16. The summed E-state index contributed by atoms with van der Waals surface area (Å²) >= 11 is 0. The van der Waals surface area contributed by atoms with Crippen LogP contribution in [0.15, 0.2) is 42.5 Å². The van der Waals surface area contributed by atoms with Crippen LogP contribution in [0.2, 0.25) is 0 Å². The molecule has 0 N–H and O–H groups in total. The van der Waals surface area contributed by atoms with Crippen LogP contribution in [0, 0.1) is 31.6 Å². The second kappa shape index (κ2) is 6.32. The van der Waals surface area contributed by atoms with Crippen molar-refractivity contribution in [3.63, 3.8) is 0 Å². The Hall–Kier alpha value is -3.47. The number of rotatable bonds is 5. The van der Waals surface area contributed by atoms with Crippen LogP contribution in [0.1, 0.15) is 11.1 Å². The third-order valence-corrected chi connectivity index (χ3v) is 2.83. The summed E-state index contributed by atoms with van der Waals surface area (Å²) in [7, 11) is 0. The molecule has 0 unspecified atom stereocenters. The molecule has 0 aliphatic heterocycles. The lowest BCUT2D eigenvalue weighted by atomic mass is 10.1. The van der Waals surface area contributed by atoms with E-state index in [0.29, 0.717) is 5.56 Å². The van der Waals surface area contributed by atoms with Crippen LogP contribution in [-0.4, -0.2) is 9.85 Å². The van der Waals surface area contributed by atoms with E-state index in [4.69, 9.17) is 10.00 Å². The van der Waals surface area contributed by atoms with E-state index in [2.05, 4.69) is 0 Å². The Bertz CT molecular complexity index is 765. The topological polar surface area (TPSA) is 119 Å². The SMILES string of the molecule is N#Cc1ccc(COc2ccc([N+](=O)[O-])c([N+](=O)[O-])c2)cc1. The van der Waals surface area contributed by atoms with Gasteiger partial charge in [0.2, 0.25) is 0 Å². The highest BCUT2D eigenvalue weighted by atomic mass is 16.6. The summed E-state index contributed by atoms with van der Waals surface area (Å²) in [6.45, 7) is 0.126.